The van der Waals surface area contributed by atoms with Crippen LogP contribution in [0.5, 0.6) is 0 Å². The van der Waals surface area contributed by atoms with E-state index in [1.807, 2.05) is 0 Å². The van der Waals surface area contributed by atoms with Gasteiger partial charge < -0.3 is 10.4 Å². The molecule has 1 amide bonds. The highest BCUT2D eigenvalue weighted by atomic mass is 35.5. The smallest absolute Gasteiger partial charge is 0.284 e. The largest absolute Gasteiger partial charge is 0.362 e. The predicted octanol–water partition coefficient (Wildman–Crippen LogP) is 1.94. The fourth-order valence-corrected chi connectivity index (χ4v) is 2.72. The van der Waals surface area contributed by atoms with E-state index < -0.39 is 35.9 Å². The van der Waals surface area contributed by atoms with Crippen LogP contribution >= 0.6 is 11.6 Å². The van der Waals surface area contributed by atoms with E-state index in [1.165, 1.54) is 17.1 Å². The molecule has 2 aromatic heterocycles. The Labute approximate surface area is 172 Å². The van der Waals surface area contributed by atoms with E-state index in [0.717, 1.165) is 10.7 Å². The lowest BCUT2D eigenvalue weighted by Crippen LogP contribution is -2.48. The molecule has 3 rings (SSSR count). The quantitative estimate of drug-likeness (QED) is 0.608. The van der Waals surface area contributed by atoms with Crippen molar-refractivity contribution in [3.05, 3.63) is 63.7 Å². The minimum Gasteiger partial charge on any atom is -0.362 e. The molecule has 0 fully saturated rings. The van der Waals surface area contributed by atoms with Crippen LogP contribution in [0.1, 0.15) is 10.4 Å². The van der Waals surface area contributed by atoms with Crippen molar-refractivity contribution in [3.63, 3.8) is 0 Å². The maximum absolute atomic E-state index is 13.1. The molecule has 0 aliphatic heterocycles. The second-order valence-electron chi connectivity index (χ2n) is 6.25. The number of hydrogen-bond acceptors (Lipinski definition) is 5. The number of carbonyl (C=O) groups is 1. The molecule has 0 radical (unpaired) electrons. The van der Waals surface area contributed by atoms with Gasteiger partial charge in [-0.05, 0) is 18.2 Å². The molecule has 2 heterocycles. The first-order valence-corrected chi connectivity index (χ1v) is 8.85. The summed E-state index contributed by atoms with van der Waals surface area (Å²) in [7, 11) is 1.60. The Morgan fingerprint density at radius 1 is 1.23 bits per heavy atom. The van der Waals surface area contributed by atoms with Crippen LogP contribution in [0.3, 0.4) is 0 Å². The second-order valence-corrected chi connectivity index (χ2v) is 6.68. The number of hydrogen-bond donors (Lipinski definition) is 2. The van der Waals surface area contributed by atoms with Crippen molar-refractivity contribution < 1.29 is 23.1 Å². The lowest BCUT2D eigenvalue weighted by Gasteiger charge is -2.18. The molecule has 8 nitrogen and oxygen atoms in total. The van der Waals surface area contributed by atoms with Gasteiger partial charge in [0.1, 0.15) is 17.3 Å². The highest BCUT2D eigenvalue weighted by Gasteiger charge is 2.31. The molecular formula is C18H15ClF3N5O3. The third kappa shape index (κ3) is 4.52. The number of nitrogens with zero attached hydrogens (tertiary/aromatic N) is 4. The first-order valence-electron chi connectivity index (χ1n) is 8.48. The third-order valence-corrected chi connectivity index (χ3v) is 4.35. The number of aliphatic hydroxyl groups is 1. The van der Waals surface area contributed by atoms with Gasteiger partial charge in [0, 0.05) is 17.6 Å². The summed E-state index contributed by atoms with van der Waals surface area (Å²) in [5, 5.41) is 19.1. The highest BCUT2D eigenvalue weighted by Crippen LogP contribution is 2.20. The van der Waals surface area contributed by atoms with Crippen molar-refractivity contribution in [2.24, 2.45) is 7.05 Å². The van der Waals surface area contributed by atoms with E-state index in [-0.39, 0.29) is 11.4 Å². The predicted molar refractivity (Wildman–Crippen MR) is 101 cm³/mol. The van der Waals surface area contributed by atoms with Gasteiger partial charge in [-0.1, -0.05) is 23.7 Å². The number of halogens is 4. The number of aromatic nitrogens is 4. The molecule has 0 saturated carbocycles. The van der Waals surface area contributed by atoms with E-state index >= 15 is 0 Å². The maximum Gasteiger partial charge on any atom is 0.284 e. The van der Waals surface area contributed by atoms with Crippen LogP contribution < -0.4 is 10.9 Å². The minimum atomic E-state index is -3.40. The summed E-state index contributed by atoms with van der Waals surface area (Å²) in [6.45, 7) is 0. The molecule has 1 aromatic carbocycles. The lowest BCUT2D eigenvalue weighted by atomic mass is 10.1. The van der Waals surface area contributed by atoms with Crippen LogP contribution in [0.25, 0.3) is 16.9 Å². The van der Waals surface area contributed by atoms with Crippen LogP contribution in [0.15, 0.2) is 47.5 Å². The minimum absolute atomic E-state index is 0.148. The number of nitrogens with one attached hydrogen (secondary N) is 1. The Balaban J connectivity index is 2.13. The Morgan fingerprint density at radius 2 is 1.90 bits per heavy atom. The normalized spacial score (nSPS) is 13.3. The Hall–Kier alpha value is -3.18. The molecule has 12 heteroatoms. The van der Waals surface area contributed by atoms with Crippen molar-refractivity contribution in [1.29, 1.82) is 0 Å². The Morgan fingerprint density at radius 3 is 2.43 bits per heavy atom. The summed E-state index contributed by atoms with van der Waals surface area (Å²) < 4.78 is 41.2. The third-order valence-electron chi connectivity index (χ3n) is 4.10. The highest BCUT2D eigenvalue weighted by molar-refractivity contribution is 6.30. The maximum atomic E-state index is 13.1. The fraction of sp³-hybridized carbons (Fsp3) is 0.222. The average Bonchev–Trinajstić information content (AvgIpc) is 3.12. The van der Waals surface area contributed by atoms with Gasteiger partial charge in [-0.15, -0.1) is 0 Å². The second kappa shape index (κ2) is 8.67. The van der Waals surface area contributed by atoms with E-state index in [0.29, 0.717) is 10.6 Å². The number of rotatable bonds is 6. The van der Waals surface area contributed by atoms with E-state index in [1.54, 1.807) is 36.6 Å². The lowest BCUT2D eigenvalue weighted by molar-refractivity contribution is -0.0481. The average molecular weight is 442 g/mol. The molecule has 1 unspecified atom stereocenters. The molecule has 3 aromatic rings. The Kier molecular flexibility index (Phi) is 6.22. The van der Waals surface area contributed by atoms with Crippen molar-refractivity contribution in [2.45, 2.75) is 18.8 Å². The van der Waals surface area contributed by atoms with Gasteiger partial charge in [0.25, 0.3) is 17.9 Å². The summed E-state index contributed by atoms with van der Waals surface area (Å²) in [4.78, 5) is 25.3. The monoisotopic (exact) mass is 441 g/mol. The molecular weight excluding hydrogens is 427 g/mol. The van der Waals surface area contributed by atoms with E-state index in [4.69, 9.17) is 16.7 Å². The number of alkyl halides is 3. The number of aryl methyl sites for hydroxylation is 1. The molecule has 0 aliphatic rings. The summed E-state index contributed by atoms with van der Waals surface area (Å²) in [5.74, 6) is -1.29. The van der Waals surface area contributed by atoms with E-state index in [9.17, 15) is 22.8 Å². The molecule has 0 spiro atoms. The van der Waals surface area contributed by atoms with Gasteiger partial charge >= 0.3 is 0 Å². The molecule has 0 aliphatic carbocycles. The molecule has 158 valence electrons. The number of carbonyl (C=O) groups excluding carboxylic acids is 1. The van der Waals surface area contributed by atoms with Gasteiger partial charge in [-0.25, -0.2) is 13.2 Å². The summed E-state index contributed by atoms with van der Waals surface area (Å²) in [5.41, 5.74) is -0.690. The summed E-state index contributed by atoms with van der Waals surface area (Å²) >= 11 is 5.87. The zero-order valence-corrected chi connectivity index (χ0v) is 16.1. The van der Waals surface area contributed by atoms with Crippen molar-refractivity contribution in [1.82, 2.24) is 24.9 Å². The molecule has 0 saturated heterocycles. The summed E-state index contributed by atoms with van der Waals surface area (Å²) in [6, 6.07) is 4.86. The van der Waals surface area contributed by atoms with Gasteiger partial charge in [0.2, 0.25) is 6.36 Å². The molecule has 2 atom stereocenters. The zero-order valence-electron chi connectivity index (χ0n) is 15.3. The Bertz CT molecular complexity index is 1110. The fourth-order valence-electron chi connectivity index (χ4n) is 2.59. The summed E-state index contributed by atoms with van der Waals surface area (Å²) in [6.07, 6.45) is -3.65. The van der Waals surface area contributed by atoms with Crippen molar-refractivity contribution >= 4 is 17.5 Å². The topological polar surface area (TPSA) is 102 Å². The number of benzene rings is 1. The van der Waals surface area contributed by atoms with Crippen LogP contribution in [-0.4, -0.2) is 49.4 Å². The van der Waals surface area contributed by atoms with Gasteiger partial charge in [-0.2, -0.15) is 14.9 Å². The molecule has 30 heavy (non-hydrogen) atoms. The van der Waals surface area contributed by atoms with Gasteiger partial charge in [0.15, 0.2) is 0 Å². The molecule has 0 bridgehead atoms. The zero-order chi connectivity index (χ0) is 22.0. The first-order chi connectivity index (χ1) is 14.2. The van der Waals surface area contributed by atoms with Crippen molar-refractivity contribution in [2.75, 3.05) is 0 Å². The van der Waals surface area contributed by atoms with Gasteiger partial charge in [-0.3, -0.25) is 14.3 Å². The van der Waals surface area contributed by atoms with E-state index in [2.05, 4.69) is 10.2 Å². The van der Waals surface area contributed by atoms with Crippen LogP contribution in [0.2, 0.25) is 5.02 Å². The number of aliphatic hydroxyl groups excluding tert-OH is 1. The first kappa shape index (κ1) is 21.5. The SMILES string of the molecule is Cn1cc(-n2nc(-c3ccc(Cl)cc3)cc(C(=O)N[C@H](C(O)F)C(F)F)c2=O)cn1. The molecule has 2 N–H and O–H groups in total. The van der Waals surface area contributed by atoms with Gasteiger partial charge in [0.05, 0.1) is 18.1 Å². The van der Waals surface area contributed by atoms with Crippen LogP contribution in [-0.2, 0) is 7.05 Å². The van der Waals surface area contributed by atoms with Crippen molar-refractivity contribution in [3.8, 4) is 16.9 Å². The number of amides is 1. The van der Waals surface area contributed by atoms with Crippen LogP contribution in [0, 0.1) is 0 Å². The standard InChI is InChI=1S/C18H15ClF3N5O3/c1-26-8-11(7-23-26)27-18(30)12(17(29)24-14(15(20)21)16(22)28)6-13(25-27)9-2-4-10(19)5-3-9/h2-8,14-16,28H,1H3,(H,24,29)/t14-,16?/m0/s1. The van der Waals surface area contributed by atoms with Crippen LogP contribution in [0.4, 0.5) is 13.2 Å².